The third-order valence-corrected chi connectivity index (χ3v) is 4.77. The van der Waals surface area contributed by atoms with Crippen molar-refractivity contribution < 1.29 is 14.3 Å². The fraction of sp³-hybridized carbons (Fsp3) is 0.150. The van der Waals surface area contributed by atoms with Crippen molar-refractivity contribution >= 4 is 34.9 Å². The number of nitrogens with one attached hydrogen (secondary N) is 2. The number of methoxy groups -OCH3 is 1. The van der Waals surface area contributed by atoms with Crippen molar-refractivity contribution in [2.75, 3.05) is 17.7 Å². The Hall–Kier alpha value is -3.32. The number of halogens is 1. The number of nitrogens with zero attached hydrogens (tertiary/aromatic N) is 2. The summed E-state index contributed by atoms with van der Waals surface area (Å²) >= 11 is 5.95. The number of carbonyl (C=O) groups excluding carboxylic acids is 2. The van der Waals surface area contributed by atoms with E-state index in [-0.39, 0.29) is 18.2 Å². The van der Waals surface area contributed by atoms with Crippen LogP contribution in [0.1, 0.15) is 12.5 Å². The lowest BCUT2D eigenvalue weighted by atomic mass is 10.1. The number of carbonyl (C=O) groups is 2. The molecule has 0 aliphatic carbocycles. The van der Waals surface area contributed by atoms with Gasteiger partial charge in [-0.3, -0.25) is 9.59 Å². The monoisotopic (exact) mass is 396 g/mol. The highest BCUT2D eigenvalue weighted by molar-refractivity contribution is 6.30. The van der Waals surface area contributed by atoms with Crippen molar-refractivity contribution in [1.82, 2.24) is 9.78 Å². The zero-order valence-electron chi connectivity index (χ0n) is 15.0. The van der Waals surface area contributed by atoms with Crippen LogP contribution in [0.3, 0.4) is 0 Å². The molecule has 0 bridgehead atoms. The molecular formula is C20H17ClN4O3. The molecule has 1 atom stereocenters. The summed E-state index contributed by atoms with van der Waals surface area (Å²) in [6, 6.07) is 13.5. The zero-order chi connectivity index (χ0) is 19.7. The van der Waals surface area contributed by atoms with E-state index in [9.17, 15) is 9.59 Å². The zero-order valence-corrected chi connectivity index (χ0v) is 15.7. The molecule has 28 heavy (non-hydrogen) atoms. The maximum atomic E-state index is 12.9. The van der Waals surface area contributed by atoms with Gasteiger partial charge in [-0.05, 0) is 29.8 Å². The molecule has 0 radical (unpaired) electrons. The van der Waals surface area contributed by atoms with E-state index in [2.05, 4.69) is 15.7 Å². The number of aromatic nitrogens is 2. The largest absolute Gasteiger partial charge is 0.497 e. The van der Waals surface area contributed by atoms with E-state index in [4.69, 9.17) is 16.3 Å². The highest BCUT2D eigenvalue weighted by atomic mass is 35.5. The Morgan fingerprint density at radius 2 is 2.07 bits per heavy atom. The van der Waals surface area contributed by atoms with Gasteiger partial charge in [0.05, 0.1) is 19.7 Å². The smallest absolute Gasteiger partial charge is 0.249 e. The Morgan fingerprint density at radius 3 is 2.82 bits per heavy atom. The first-order valence-electron chi connectivity index (χ1n) is 8.63. The van der Waals surface area contributed by atoms with Crippen molar-refractivity contribution in [3.8, 4) is 16.9 Å². The van der Waals surface area contributed by atoms with Crippen molar-refractivity contribution in [1.29, 1.82) is 0 Å². The standard InChI is InChI=1S/C20H17ClN4O3/c1-28-15-4-2-3-14(9-15)23-20(27)17-10-18(26)24-19-16(11-22-25(17)19)12-5-7-13(21)8-6-12/h2-9,11,17H,10H2,1H3,(H,23,27)(H,24,26)/t17-/m0/s1. The number of amides is 2. The summed E-state index contributed by atoms with van der Waals surface area (Å²) in [7, 11) is 1.56. The molecular weight excluding hydrogens is 380 g/mol. The van der Waals surface area contributed by atoms with Gasteiger partial charge in [0.2, 0.25) is 11.8 Å². The van der Waals surface area contributed by atoms with Crippen LogP contribution in [-0.2, 0) is 9.59 Å². The summed E-state index contributed by atoms with van der Waals surface area (Å²) in [5, 5.41) is 10.6. The van der Waals surface area contributed by atoms with Gasteiger partial charge in [0.15, 0.2) is 0 Å². The minimum absolute atomic E-state index is 0.00450. The SMILES string of the molecule is COc1cccc(NC(=O)[C@@H]2CC(=O)Nc3c(-c4ccc(Cl)cc4)cnn32)c1. The fourth-order valence-corrected chi connectivity index (χ4v) is 3.27. The van der Waals surface area contributed by atoms with Gasteiger partial charge in [0.25, 0.3) is 0 Å². The molecule has 4 rings (SSSR count). The first-order valence-corrected chi connectivity index (χ1v) is 9.01. The van der Waals surface area contributed by atoms with Crippen LogP contribution in [0.4, 0.5) is 11.5 Å². The van der Waals surface area contributed by atoms with Crippen LogP contribution in [0, 0.1) is 0 Å². The molecule has 1 aliphatic rings. The maximum absolute atomic E-state index is 12.9. The average Bonchev–Trinajstić information content (AvgIpc) is 3.11. The Labute approximate surface area is 166 Å². The molecule has 7 nitrogen and oxygen atoms in total. The van der Waals surface area contributed by atoms with Gasteiger partial charge in [0, 0.05) is 22.3 Å². The van der Waals surface area contributed by atoms with Gasteiger partial charge in [0.1, 0.15) is 17.6 Å². The minimum Gasteiger partial charge on any atom is -0.497 e. The molecule has 2 aromatic carbocycles. The molecule has 0 spiro atoms. The van der Waals surface area contributed by atoms with E-state index in [0.717, 1.165) is 11.1 Å². The molecule has 2 N–H and O–H groups in total. The third-order valence-electron chi connectivity index (χ3n) is 4.52. The number of fused-ring (bicyclic) bond motifs is 1. The highest BCUT2D eigenvalue weighted by Crippen LogP contribution is 2.35. The third kappa shape index (κ3) is 3.44. The number of hydrogen-bond acceptors (Lipinski definition) is 4. The second-order valence-electron chi connectivity index (χ2n) is 6.35. The predicted octanol–water partition coefficient (Wildman–Crippen LogP) is 3.73. The Kier molecular flexibility index (Phi) is 4.75. The van der Waals surface area contributed by atoms with Crippen LogP contribution in [0.15, 0.2) is 54.7 Å². The van der Waals surface area contributed by atoms with Gasteiger partial charge in [-0.1, -0.05) is 29.8 Å². The number of benzene rings is 2. The van der Waals surface area contributed by atoms with Gasteiger partial charge < -0.3 is 15.4 Å². The predicted molar refractivity (Wildman–Crippen MR) is 107 cm³/mol. The molecule has 2 heterocycles. The number of ether oxygens (including phenoxy) is 1. The summed E-state index contributed by atoms with van der Waals surface area (Å²) in [5.41, 5.74) is 2.16. The van der Waals surface area contributed by atoms with Gasteiger partial charge in [-0.2, -0.15) is 5.10 Å². The van der Waals surface area contributed by atoms with Crippen molar-refractivity contribution in [3.63, 3.8) is 0 Å². The van der Waals surface area contributed by atoms with Crippen molar-refractivity contribution in [2.24, 2.45) is 0 Å². The lowest BCUT2D eigenvalue weighted by molar-refractivity contribution is -0.125. The van der Waals surface area contributed by atoms with E-state index in [0.29, 0.717) is 22.3 Å². The van der Waals surface area contributed by atoms with Crippen molar-refractivity contribution in [2.45, 2.75) is 12.5 Å². The molecule has 1 aliphatic heterocycles. The van der Waals surface area contributed by atoms with E-state index < -0.39 is 6.04 Å². The molecule has 1 aromatic heterocycles. The Bertz CT molecular complexity index is 1050. The van der Waals surface area contributed by atoms with Crippen molar-refractivity contribution in [3.05, 3.63) is 59.8 Å². The Balaban J connectivity index is 1.64. The quantitative estimate of drug-likeness (QED) is 0.703. The summed E-state index contributed by atoms with van der Waals surface area (Å²) in [5.74, 6) is 0.553. The summed E-state index contributed by atoms with van der Waals surface area (Å²) in [6.45, 7) is 0. The van der Waals surface area contributed by atoms with Gasteiger partial charge in [-0.25, -0.2) is 4.68 Å². The Morgan fingerprint density at radius 1 is 1.29 bits per heavy atom. The number of anilines is 2. The maximum Gasteiger partial charge on any atom is 0.249 e. The number of rotatable bonds is 4. The highest BCUT2D eigenvalue weighted by Gasteiger charge is 2.33. The van der Waals surface area contributed by atoms with Crippen LogP contribution < -0.4 is 15.4 Å². The molecule has 0 saturated carbocycles. The van der Waals surface area contributed by atoms with Crippen LogP contribution >= 0.6 is 11.6 Å². The van der Waals surface area contributed by atoms with E-state index in [1.54, 1.807) is 54.4 Å². The average molecular weight is 397 g/mol. The van der Waals surface area contributed by atoms with E-state index in [1.165, 1.54) is 0 Å². The van der Waals surface area contributed by atoms with E-state index >= 15 is 0 Å². The lowest BCUT2D eigenvalue weighted by Gasteiger charge is -2.24. The molecule has 3 aromatic rings. The summed E-state index contributed by atoms with van der Waals surface area (Å²) in [4.78, 5) is 25.1. The lowest BCUT2D eigenvalue weighted by Crippen LogP contribution is -2.35. The normalized spacial score (nSPS) is 15.5. The molecule has 0 unspecified atom stereocenters. The van der Waals surface area contributed by atoms with Crippen LogP contribution in [-0.4, -0.2) is 28.7 Å². The van der Waals surface area contributed by atoms with E-state index in [1.807, 2.05) is 12.1 Å². The molecule has 0 saturated heterocycles. The summed E-state index contributed by atoms with van der Waals surface area (Å²) < 4.78 is 6.72. The fourth-order valence-electron chi connectivity index (χ4n) is 3.14. The molecule has 2 amide bonds. The molecule has 8 heteroatoms. The van der Waals surface area contributed by atoms with Crippen LogP contribution in [0.5, 0.6) is 5.75 Å². The number of hydrogen-bond donors (Lipinski definition) is 2. The first-order chi connectivity index (χ1) is 13.5. The van der Waals surface area contributed by atoms with Crippen LogP contribution in [0.25, 0.3) is 11.1 Å². The van der Waals surface area contributed by atoms with Crippen LogP contribution in [0.2, 0.25) is 5.02 Å². The topological polar surface area (TPSA) is 85.2 Å². The van der Waals surface area contributed by atoms with Gasteiger partial charge in [-0.15, -0.1) is 0 Å². The minimum atomic E-state index is -0.754. The second-order valence-corrected chi connectivity index (χ2v) is 6.78. The van der Waals surface area contributed by atoms with Gasteiger partial charge >= 0.3 is 0 Å². The molecule has 142 valence electrons. The first kappa shape index (κ1) is 18.1. The second kappa shape index (κ2) is 7.36. The molecule has 0 fully saturated rings. The summed E-state index contributed by atoms with van der Waals surface area (Å²) in [6.07, 6.45) is 1.64.